The molecule has 2 amide bonds. The Bertz CT molecular complexity index is 441. The first-order chi connectivity index (χ1) is 10.5. The minimum Gasteiger partial charge on any atom is -0.371 e. The fraction of sp³-hybridized carbons (Fsp3) is 0.875. The van der Waals surface area contributed by atoms with Crippen molar-refractivity contribution in [2.75, 3.05) is 40.4 Å². The van der Waals surface area contributed by atoms with Gasteiger partial charge in [-0.1, -0.05) is 6.42 Å². The van der Waals surface area contributed by atoms with E-state index in [0.717, 1.165) is 25.7 Å². The fourth-order valence-electron chi connectivity index (χ4n) is 3.38. The lowest BCUT2D eigenvalue weighted by molar-refractivity contribution is -0.204. The first-order valence-electron chi connectivity index (χ1n) is 8.24. The predicted octanol–water partition coefficient (Wildman–Crippen LogP) is 0.651. The molecule has 1 atom stereocenters. The van der Waals surface area contributed by atoms with E-state index < -0.39 is 0 Å². The Hall–Kier alpha value is -1.14. The Morgan fingerprint density at radius 3 is 2.59 bits per heavy atom. The zero-order chi connectivity index (χ0) is 15.7. The van der Waals surface area contributed by atoms with Gasteiger partial charge in [-0.3, -0.25) is 9.59 Å². The number of nitrogens with zero attached hydrogens (tertiary/aromatic N) is 2. The van der Waals surface area contributed by atoms with Crippen LogP contribution in [0, 0.1) is 5.92 Å². The van der Waals surface area contributed by atoms with Gasteiger partial charge in [0.25, 0.3) is 0 Å². The molecule has 0 radical (unpaired) electrons. The molecule has 0 aromatic heterocycles. The topological polar surface area (TPSA) is 59.1 Å². The van der Waals surface area contributed by atoms with Crippen molar-refractivity contribution in [1.82, 2.24) is 9.80 Å². The van der Waals surface area contributed by atoms with E-state index in [1.54, 1.807) is 14.1 Å². The van der Waals surface area contributed by atoms with Gasteiger partial charge in [0.2, 0.25) is 11.8 Å². The predicted molar refractivity (Wildman–Crippen MR) is 80.3 cm³/mol. The van der Waals surface area contributed by atoms with Gasteiger partial charge in [-0.2, -0.15) is 0 Å². The molecular weight excluding hydrogens is 284 g/mol. The van der Waals surface area contributed by atoms with Gasteiger partial charge >= 0.3 is 0 Å². The Kier molecular flexibility index (Phi) is 4.41. The molecule has 22 heavy (non-hydrogen) atoms. The molecule has 124 valence electrons. The number of likely N-dealkylation sites (tertiary alicyclic amines) is 1. The standard InChI is InChI=1S/C16H26N2O4/c1-17(2)14(19)9-21-13-6-7-22-16(8-13)10-18(11-16)15(20)12-4-3-5-12/h12-13H,3-11H2,1-2H3/t13-/m0/s1. The Labute approximate surface area is 131 Å². The highest BCUT2D eigenvalue weighted by Gasteiger charge is 2.50. The third-order valence-electron chi connectivity index (χ3n) is 5.11. The molecule has 2 aliphatic heterocycles. The van der Waals surface area contributed by atoms with E-state index in [1.165, 1.54) is 11.3 Å². The van der Waals surface area contributed by atoms with Crippen LogP contribution in [0.25, 0.3) is 0 Å². The molecule has 0 aromatic carbocycles. The number of hydrogen-bond donors (Lipinski definition) is 0. The zero-order valence-corrected chi connectivity index (χ0v) is 13.5. The van der Waals surface area contributed by atoms with Crippen LogP contribution in [-0.4, -0.2) is 73.7 Å². The summed E-state index contributed by atoms with van der Waals surface area (Å²) in [5, 5.41) is 0. The minimum atomic E-state index is -0.233. The van der Waals surface area contributed by atoms with Gasteiger partial charge in [-0.25, -0.2) is 0 Å². The van der Waals surface area contributed by atoms with E-state index in [4.69, 9.17) is 9.47 Å². The molecule has 2 saturated heterocycles. The number of rotatable bonds is 4. The Balaban J connectivity index is 1.45. The summed E-state index contributed by atoms with van der Waals surface area (Å²) in [5.41, 5.74) is -0.233. The fourth-order valence-corrected chi connectivity index (χ4v) is 3.38. The smallest absolute Gasteiger partial charge is 0.248 e. The molecule has 6 heteroatoms. The summed E-state index contributed by atoms with van der Waals surface area (Å²) >= 11 is 0. The zero-order valence-electron chi connectivity index (χ0n) is 13.5. The summed E-state index contributed by atoms with van der Waals surface area (Å²) in [5.74, 6) is 0.535. The molecule has 1 spiro atoms. The molecule has 2 heterocycles. The van der Waals surface area contributed by atoms with Crippen molar-refractivity contribution in [3.8, 4) is 0 Å². The molecule has 3 fully saturated rings. The van der Waals surface area contributed by atoms with Crippen LogP contribution in [0.1, 0.15) is 32.1 Å². The van der Waals surface area contributed by atoms with Crippen LogP contribution in [0.4, 0.5) is 0 Å². The Morgan fingerprint density at radius 1 is 1.27 bits per heavy atom. The highest BCUT2D eigenvalue weighted by Crippen LogP contribution is 2.38. The average Bonchev–Trinajstić information content (AvgIpc) is 2.40. The first-order valence-corrected chi connectivity index (χ1v) is 8.24. The number of carbonyl (C=O) groups is 2. The third-order valence-corrected chi connectivity index (χ3v) is 5.11. The monoisotopic (exact) mass is 310 g/mol. The maximum atomic E-state index is 12.2. The lowest BCUT2D eigenvalue weighted by atomic mass is 9.80. The van der Waals surface area contributed by atoms with Gasteiger partial charge in [-0.05, 0) is 19.3 Å². The summed E-state index contributed by atoms with van der Waals surface area (Å²) in [6, 6.07) is 0. The third kappa shape index (κ3) is 3.13. The molecule has 0 N–H and O–H groups in total. The van der Waals surface area contributed by atoms with Crippen LogP contribution in [0.2, 0.25) is 0 Å². The Morgan fingerprint density at radius 2 is 2.00 bits per heavy atom. The summed E-state index contributed by atoms with van der Waals surface area (Å²) in [4.78, 5) is 27.3. The molecule has 1 aliphatic carbocycles. The van der Waals surface area contributed by atoms with E-state index in [9.17, 15) is 9.59 Å². The van der Waals surface area contributed by atoms with Crippen molar-refractivity contribution in [2.24, 2.45) is 5.92 Å². The second-order valence-electron chi connectivity index (χ2n) is 7.07. The maximum absolute atomic E-state index is 12.2. The number of likely N-dealkylation sites (N-methyl/N-ethyl adjacent to an activating group) is 1. The molecule has 3 aliphatic rings. The molecule has 0 bridgehead atoms. The minimum absolute atomic E-state index is 0.0176. The van der Waals surface area contributed by atoms with Crippen molar-refractivity contribution in [2.45, 2.75) is 43.8 Å². The van der Waals surface area contributed by atoms with Gasteiger partial charge in [0, 0.05) is 33.0 Å². The summed E-state index contributed by atoms with van der Waals surface area (Å²) < 4.78 is 11.7. The molecule has 3 rings (SSSR count). The van der Waals surface area contributed by atoms with Crippen LogP contribution in [0.5, 0.6) is 0 Å². The van der Waals surface area contributed by atoms with E-state index in [2.05, 4.69) is 0 Å². The van der Waals surface area contributed by atoms with Crippen molar-refractivity contribution >= 4 is 11.8 Å². The van der Waals surface area contributed by atoms with Crippen molar-refractivity contribution < 1.29 is 19.1 Å². The van der Waals surface area contributed by atoms with Crippen LogP contribution in [0.15, 0.2) is 0 Å². The van der Waals surface area contributed by atoms with Gasteiger partial charge in [-0.15, -0.1) is 0 Å². The van der Waals surface area contributed by atoms with Gasteiger partial charge in [0.15, 0.2) is 0 Å². The molecule has 6 nitrogen and oxygen atoms in total. The van der Waals surface area contributed by atoms with Crippen molar-refractivity contribution in [3.63, 3.8) is 0 Å². The normalized spacial score (nSPS) is 27.2. The van der Waals surface area contributed by atoms with E-state index in [0.29, 0.717) is 25.6 Å². The average molecular weight is 310 g/mol. The SMILES string of the molecule is CN(C)C(=O)CO[C@H]1CCOC2(C1)CN(C(=O)C1CCC1)C2. The van der Waals surface area contributed by atoms with E-state index >= 15 is 0 Å². The highest BCUT2D eigenvalue weighted by atomic mass is 16.5. The second-order valence-corrected chi connectivity index (χ2v) is 7.07. The van der Waals surface area contributed by atoms with Crippen LogP contribution in [0.3, 0.4) is 0 Å². The lowest BCUT2D eigenvalue weighted by Gasteiger charge is -2.54. The van der Waals surface area contributed by atoms with E-state index in [1.807, 2.05) is 4.90 Å². The summed E-state index contributed by atoms with van der Waals surface area (Å²) in [7, 11) is 3.46. The quantitative estimate of drug-likeness (QED) is 0.765. The lowest BCUT2D eigenvalue weighted by Crippen LogP contribution is -2.68. The number of hydrogen-bond acceptors (Lipinski definition) is 4. The van der Waals surface area contributed by atoms with Gasteiger partial charge in [0.05, 0.1) is 19.2 Å². The maximum Gasteiger partial charge on any atom is 0.248 e. The van der Waals surface area contributed by atoms with Crippen molar-refractivity contribution in [1.29, 1.82) is 0 Å². The summed E-state index contributed by atoms with van der Waals surface area (Å²) in [6.07, 6.45) is 4.92. The number of amides is 2. The van der Waals surface area contributed by atoms with Crippen LogP contribution >= 0.6 is 0 Å². The first kappa shape index (κ1) is 15.7. The van der Waals surface area contributed by atoms with Gasteiger partial charge in [0.1, 0.15) is 12.2 Å². The number of ether oxygens (including phenoxy) is 2. The van der Waals surface area contributed by atoms with Crippen molar-refractivity contribution in [3.05, 3.63) is 0 Å². The van der Waals surface area contributed by atoms with Crippen LogP contribution in [-0.2, 0) is 19.1 Å². The molecule has 0 unspecified atom stereocenters. The summed E-state index contributed by atoms with van der Waals surface area (Å²) in [6.45, 7) is 2.14. The molecular formula is C16H26N2O4. The van der Waals surface area contributed by atoms with E-state index in [-0.39, 0.29) is 30.1 Å². The largest absolute Gasteiger partial charge is 0.371 e. The van der Waals surface area contributed by atoms with Gasteiger partial charge < -0.3 is 19.3 Å². The number of carbonyl (C=O) groups excluding carboxylic acids is 2. The molecule has 0 aromatic rings. The highest BCUT2D eigenvalue weighted by molar-refractivity contribution is 5.80. The van der Waals surface area contributed by atoms with Crippen LogP contribution < -0.4 is 0 Å². The second kappa shape index (κ2) is 6.16. The molecule has 1 saturated carbocycles.